The Bertz CT molecular complexity index is 326. The minimum atomic E-state index is 0.593. The molecule has 1 nitrogen and oxygen atoms in total. The molecule has 0 bridgehead atoms. The van der Waals surface area contributed by atoms with Gasteiger partial charge in [0, 0.05) is 21.7 Å². The van der Waals surface area contributed by atoms with E-state index < -0.39 is 0 Å². The molecule has 0 spiro atoms. The molecule has 3 heteroatoms. The van der Waals surface area contributed by atoms with Crippen molar-refractivity contribution in [3.05, 3.63) is 29.3 Å². The standard InChI is InChI=1S/C15H24ClNS/c1-4-6-12(3)15(17-5-2)11-18-14-9-7-13(16)8-10-14/h7-10,12,15,17H,4-6,11H2,1-3H3. The zero-order chi connectivity index (χ0) is 13.4. The third kappa shape index (κ3) is 5.64. The van der Waals surface area contributed by atoms with Gasteiger partial charge in [-0.2, -0.15) is 0 Å². The number of halogens is 1. The van der Waals surface area contributed by atoms with Crippen molar-refractivity contribution in [3.8, 4) is 0 Å². The number of thioether (sulfide) groups is 1. The molecular formula is C15H24ClNS. The first-order chi connectivity index (χ1) is 8.67. The van der Waals surface area contributed by atoms with Gasteiger partial charge in [0.1, 0.15) is 0 Å². The second-order valence-electron chi connectivity index (χ2n) is 4.70. The first kappa shape index (κ1) is 15.9. The second-order valence-corrected chi connectivity index (χ2v) is 6.22. The Kier molecular flexibility index (Phi) is 7.80. The number of hydrogen-bond donors (Lipinski definition) is 1. The lowest BCUT2D eigenvalue weighted by Gasteiger charge is -2.24. The van der Waals surface area contributed by atoms with Gasteiger partial charge in [-0.25, -0.2) is 0 Å². The largest absolute Gasteiger partial charge is 0.313 e. The van der Waals surface area contributed by atoms with Crippen molar-refractivity contribution < 1.29 is 0 Å². The van der Waals surface area contributed by atoms with Crippen molar-refractivity contribution in [2.75, 3.05) is 12.3 Å². The van der Waals surface area contributed by atoms with E-state index >= 15 is 0 Å². The Morgan fingerprint density at radius 1 is 1.22 bits per heavy atom. The van der Waals surface area contributed by atoms with E-state index in [1.54, 1.807) is 0 Å². The van der Waals surface area contributed by atoms with Crippen LogP contribution in [-0.2, 0) is 0 Å². The Labute approximate surface area is 121 Å². The Morgan fingerprint density at radius 3 is 2.44 bits per heavy atom. The van der Waals surface area contributed by atoms with Crippen LogP contribution in [0.15, 0.2) is 29.2 Å². The Hall–Kier alpha value is -0.180. The van der Waals surface area contributed by atoms with Crippen LogP contribution < -0.4 is 5.32 Å². The van der Waals surface area contributed by atoms with Crippen molar-refractivity contribution in [2.45, 2.75) is 44.6 Å². The molecule has 1 N–H and O–H groups in total. The highest BCUT2D eigenvalue weighted by Gasteiger charge is 2.15. The van der Waals surface area contributed by atoms with Gasteiger partial charge in [0.2, 0.25) is 0 Å². The van der Waals surface area contributed by atoms with Gasteiger partial charge < -0.3 is 5.32 Å². The van der Waals surface area contributed by atoms with Gasteiger partial charge in [0.15, 0.2) is 0 Å². The molecule has 0 amide bonds. The fourth-order valence-electron chi connectivity index (χ4n) is 2.06. The summed E-state index contributed by atoms with van der Waals surface area (Å²) in [7, 11) is 0. The van der Waals surface area contributed by atoms with E-state index in [2.05, 4.69) is 38.2 Å². The lowest BCUT2D eigenvalue weighted by molar-refractivity contribution is 0.388. The molecule has 0 radical (unpaired) electrons. The zero-order valence-electron chi connectivity index (χ0n) is 11.6. The molecular weight excluding hydrogens is 262 g/mol. The quantitative estimate of drug-likeness (QED) is 0.686. The van der Waals surface area contributed by atoms with E-state index in [1.807, 2.05) is 23.9 Å². The molecule has 0 aliphatic carbocycles. The maximum absolute atomic E-state index is 5.89. The van der Waals surface area contributed by atoms with E-state index in [9.17, 15) is 0 Å². The second kappa shape index (κ2) is 8.84. The lowest BCUT2D eigenvalue weighted by Crippen LogP contribution is -2.37. The third-order valence-electron chi connectivity index (χ3n) is 3.14. The summed E-state index contributed by atoms with van der Waals surface area (Å²) >= 11 is 7.80. The molecule has 0 saturated heterocycles. The monoisotopic (exact) mass is 285 g/mol. The van der Waals surface area contributed by atoms with Crippen molar-refractivity contribution in [3.63, 3.8) is 0 Å². The maximum Gasteiger partial charge on any atom is 0.0406 e. The van der Waals surface area contributed by atoms with Crippen LogP contribution in [0.2, 0.25) is 5.02 Å². The van der Waals surface area contributed by atoms with Crippen molar-refractivity contribution in [1.29, 1.82) is 0 Å². The molecule has 1 aromatic rings. The summed E-state index contributed by atoms with van der Waals surface area (Å²) in [5.41, 5.74) is 0. The van der Waals surface area contributed by atoms with E-state index in [0.29, 0.717) is 6.04 Å². The van der Waals surface area contributed by atoms with Crippen LogP contribution in [0.25, 0.3) is 0 Å². The highest BCUT2D eigenvalue weighted by atomic mass is 35.5. The molecule has 0 saturated carbocycles. The average molecular weight is 286 g/mol. The van der Waals surface area contributed by atoms with E-state index in [-0.39, 0.29) is 0 Å². The van der Waals surface area contributed by atoms with Gasteiger partial charge in [-0.05, 0) is 43.1 Å². The van der Waals surface area contributed by atoms with Crippen LogP contribution in [0.3, 0.4) is 0 Å². The third-order valence-corrected chi connectivity index (χ3v) is 4.52. The summed E-state index contributed by atoms with van der Waals surface area (Å²) in [6, 6.07) is 8.71. The van der Waals surface area contributed by atoms with Gasteiger partial charge in [0.25, 0.3) is 0 Å². The summed E-state index contributed by atoms with van der Waals surface area (Å²) in [5, 5.41) is 4.41. The van der Waals surface area contributed by atoms with Gasteiger partial charge in [-0.3, -0.25) is 0 Å². The molecule has 0 aliphatic heterocycles. The number of hydrogen-bond acceptors (Lipinski definition) is 2. The fraction of sp³-hybridized carbons (Fsp3) is 0.600. The van der Waals surface area contributed by atoms with Crippen LogP contribution in [-0.4, -0.2) is 18.3 Å². The first-order valence-corrected chi connectivity index (χ1v) is 8.15. The molecule has 1 rings (SSSR count). The van der Waals surface area contributed by atoms with Gasteiger partial charge in [-0.15, -0.1) is 11.8 Å². The normalized spacial score (nSPS) is 14.4. The predicted molar refractivity (Wildman–Crippen MR) is 83.7 cm³/mol. The predicted octanol–water partition coefficient (Wildman–Crippen LogP) is 4.85. The fourth-order valence-corrected chi connectivity index (χ4v) is 3.33. The van der Waals surface area contributed by atoms with Crippen molar-refractivity contribution in [1.82, 2.24) is 5.32 Å². The summed E-state index contributed by atoms with van der Waals surface area (Å²) in [4.78, 5) is 1.30. The van der Waals surface area contributed by atoms with Crippen molar-refractivity contribution >= 4 is 23.4 Å². The zero-order valence-corrected chi connectivity index (χ0v) is 13.2. The Balaban J connectivity index is 2.48. The van der Waals surface area contributed by atoms with Gasteiger partial charge in [0.05, 0.1) is 0 Å². The number of benzene rings is 1. The molecule has 2 unspecified atom stereocenters. The van der Waals surface area contributed by atoms with Crippen LogP contribution in [0.1, 0.15) is 33.6 Å². The summed E-state index contributed by atoms with van der Waals surface area (Å²) in [6.45, 7) is 7.82. The molecule has 2 atom stereocenters. The van der Waals surface area contributed by atoms with Crippen LogP contribution >= 0.6 is 23.4 Å². The van der Waals surface area contributed by atoms with E-state index in [1.165, 1.54) is 17.7 Å². The number of nitrogens with one attached hydrogen (secondary N) is 1. The SMILES string of the molecule is CCCC(C)C(CSc1ccc(Cl)cc1)NCC. The van der Waals surface area contributed by atoms with Crippen LogP contribution in [0.5, 0.6) is 0 Å². The molecule has 1 aromatic carbocycles. The van der Waals surface area contributed by atoms with E-state index in [0.717, 1.165) is 23.2 Å². The highest BCUT2D eigenvalue weighted by Crippen LogP contribution is 2.23. The molecule has 18 heavy (non-hydrogen) atoms. The molecule has 0 aromatic heterocycles. The summed E-state index contributed by atoms with van der Waals surface area (Å²) < 4.78 is 0. The topological polar surface area (TPSA) is 12.0 Å². The number of rotatable bonds is 8. The minimum Gasteiger partial charge on any atom is -0.313 e. The minimum absolute atomic E-state index is 0.593. The summed E-state index contributed by atoms with van der Waals surface area (Å²) in [5.74, 6) is 1.85. The van der Waals surface area contributed by atoms with Gasteiger partial charge in [-0.1, -0.05) is 38.8 Å². The van der Waals surface area contributed by atoms with Crippen LogP contribution in [0, 0.1) is 5.92 Å². The Morgan fingerprint density at radius 2 is 1.89 bits per heavy atom. The smallest absolute Gasteiger partial charge is 0.0406 e. The maximum atomic E-state index is 5.89. The first-order valence-electron chi connectivity index (χ1n) is 6.79. The molecule has 0 fully saturated rings. The molecule has 0 aliphatic rings. The lowest BCUT2D eigenvalue weighted by atomic mass is 9.98. The van der Waals surface area contributed by atoms with Crippen LogP contribution in [0.4, 0.5) is 0 Å². The van der Waals surface area contributed by atoms with Gasteiger partial charge >= 0.3 is 0 Å². The summed E-state index contributed by atoms with van der Waals surface area (Å²) in [6.07, 6.45) is 2.55. The molecule has 0 heterocycles. The highest BCUT2D eigenvalue weighted by molar-refractivity contribution is 7.99. The average Bonchev–Trinajstić information content (AvgIpc) is 2.36. The van der Waals surface area contributed by atoms with E-state index in [4.69, 9.17) is 11.6 Å². The molecule has 102 valence electrons. The van der Waals surface area contributed by atoms with Crippen molar-refractivity contribution in [2.24, 2.45) is 5.92 Å².